The highest BCUT2D eigenvalue weighted by Gasteiger charge is 2.30. The molecule has 0 fully saturated rings. The fourth-order valence-corrected chi connectivity index (χ4v) is 2.65. The Morgan fingerprint density at radius 3 is 2.59 bits per heavy atom. The summed E-state index contributed by atoms with van der Waals surface area (Å²) in [5.74, 6) is -1.32. The third-order valence-corrected chi connectivity index (χ3v) is 4.23. The number of aliphatic carboxylic acids is 1. The first-order chi connectivity index (χ1) is 10.3. The van der Waals surface area contributed by atoms with Gasteiger partial charge >= 0.3 is 11.9 Å². The van der Waals surface area contributed by atoms with Crippen molar-refractivity contribution in [2.24, 2.45) is 0 Å². The van der Waals surface area contributed by atoms with Crippen LogP contribution < -0.4 is 0 Å². The van der Waals surface area contributed by atoms with Crippen molar-refractivity contribution < 1.29 is 24.5 Å². The van der Waals surface area contributed by atoms with Gasteiger partial charge in [0.15, 0.2) is 0 Å². The summed E-state index contributed by atoms with van der Waals surface area (Å²) in [6.07, 6.45) is 2.92. The second-order valence-corrected chi connectivity index (χ2v) is 5.66. The average molecular weight is 304 g/mol. The zero-order valence-electron chi connectivity index (χ0n) is 13.0. The van der Waals surface area contributed by atoms with Gasteiger partial charge in [-0.25, -0.2) is 4.79 Å². The zero-order chi connectivity index (χ0) is 16.4. The van der Waals surface area contributed by atoms with Gasteiger partial charge in [0.25, 0.3) is 0 Å². The number of phenols is 1. The number of rotatable bonds is 5. The summed E-state index contributed by atoms with van der Waals surface area (Å²) in [6.45, 7) is 5.90. The average Bonchev–Trinajstić information content (AvgIpc) is 2.85. The molecule has 118 valence electrons. The van der Waals surface area contributed by atoms with Gasteiger partial charge in [-0.2, -0.15) is 0 Å². The molecule has 1 aliphatic heterocycles. The van der Waals surface area contributed by atoms with Crippen LogP contribution in [0, 0.1) is 13.8 Å². The highest BCUT2D eigenvalue weighted by molar-refractivity contribution is 5.97. The van der Waals surface area contributed by atoms with E-state index >= 15 is 0 Å². The van der Waals surface area contributed by atoms with E-state index in [1.807, 2.05) is 26.8 Å². The molecule has 22 heavy (non-hydrogen) atoms. The monoisotopic (exact) mass is 304 g/mol. The van der Waals surface area contributed by atoms with E-state index in [1.54, 1.807) is 0 Å². The topological polar surface area (TPSA) is 83.8 Å². The number of ether oxygens (including phenoxy) is 1. The molecule has 0 saturated heterocycles. The Labute approximate surface area is 129 Å². The number of carbonyl (C=O) groups excluding carboxylic acids is 1. The number of carboxylic acids is 1. The minimum absolute atomic E-state index is 0.0112. The second kappa shape index (κ2) is 6.22. The summed E-state index contributed by atoms with van der Waals surface area (Å²) in [5, 5.41) is 19.1. The number of hydrogen-bond donors (Lipinski definition) is 2. The number of benzene rings is 1. The van der Waals surface area contributed by atoms with Gasteiger partial charge in [0.1, 0.15) is 17.9 Å². The van der Waals surface area contributed by atoms with E-state index < -0.39 is 11.9 Å². The third-order valence-electron chi connectivity index (χ3n) is 4.23. The van der Waals surface area contributed by atoms with Crippen molar-refractivity contribution >= 4 is 11.9 Å². The summed E-state index contributed by atoms with van der Waals surface area (Å²) >= 11 is 0. The van der Waals surface area contributed by atoms with E-state index in [0.29, 0.717) is 18.4 Å². The lowest BCUT2D eigenvalue weighted by molar-refractivity contribution is -0.136. The molecule has 0 bridgehead atoms. The Bertz CT molecular complexity index is 670. The van der Waals surface area contributed by atoms with Gasteiger partial charge in [-0.15, -0.1) is 0 Å². The standard InChI is InChI=1S/C17H20O5/c1-9(5-7-14(18)19)4-6-12-10(2)11(3)13-8-22-17(21)15(13)16(12)20/h4,20H,5-8H2,1-3H3,(H,18,19). The largest absolute Gasteiger partial charge is 0.507 e. The number of carboxylic acid groups (broad SMARTS) is 1. The molecule has 5 nitrogen and oxygen atoms in total. The molecule has 2 rings (SSSR count). The van der Waals surface area contributed by atoms with Crippen LogP contribution in [0.4, 0.5) is 0 Å². The lowest BCUT2D eigenvalue weighted by Crippen LogP contribution is -2.02. The number of phenolic OH excluding ortho intramolecular Hbond substituents is 1. The Morgan fingerprint density at radius 1 is 1.27 bits per heavy atom. The van der Waals surface area contributed by atoms with Crippen LogP contribution in [0.3, 0.4) is 0 Å². The van der Waals surface area contributed by atoms with E-state index in [2.05, 4.69) is 0 Å². The molecule has 0 amide bonds. The van der Waals surface area contributed by atoms with Crippen LogP contribution in [0.5, 0.6) is 5.75 Å². The van der Waals surface area contributed by atoms with Gasteiger partial charge in [-0.3, -0.25) is 4.79 Å². The van der Waals surface area contributed by atoms with E-state index in [0.717, 1.165) is 22.3 Å². The third kappa shape index (κ3) is 2.98. The fraction of sp³-hybridized carbons (Fsp3) is 0.412. The van der Waals surface area contributed by atoms with Gasteiger partial charge < -0.3 is 14.9 Å². The predicted molar refractivity (Wildman–Crippen MR) is 81.0 cm³/mol. The van der Waals surface area contributed by atoms with Gasteiger partial charge in [0, 0.05) is 17.5 Å². The quantitative estimate of drug-likeness (QED) is 0.645. The molecule has 0 saturated carbocycles. The molecule has 1 heterocycles. The van der Waals surface area contributed by atoms with Crippen molar-refractivity contribution in [3.63, 3.8) is 0 Å². The second-order valence-electron chi connectivity index (χ2n) is 5.66. The zero-order valence-corrected chi connectivity index (χ0v) is 13.0. The normalized spacial score (nSPS) is 14.0. The first-order valence-corrected chi connectivity index (χ1v) is 7.21. The maximum Gasteiger partial charge on any atom is 0.342 e. The van der Waals surface area contributed by atoms with Crippen LogP contribution in [0.1, 0.15) is 52.4 Å². The molecule has 1 aromatic rings. The van der Waals surface area contributed by atoms with Crippen LogP contribution in [0.25, 0.3) is 0 Å². The molecule has 0 aromatic heterocycles. The number of fused-ring (bicyclic) bond motifs is 1. The Kier molecular flexibility index (Phi) is 4.54. The number of cyclic esters (lactones) is 1. The molecule has 1 aromatic carbocycles. The van der Waals surface area contributed by atoms with Crippen molar-refractivity contribution in [3.8, 4) is 5.75 Å². The first-order valence-electron chi connectivity index (χ1n) is 7.21. The van der Waals surface area contributed by atoms with E-state index in [4.69, 9.17) is 9.84 Å². The first kappa shape index (κ1) is 16.1. The Morgan fingerprint density at radius 2 is 1.95 bits per heavy atom. The molecule has 0 unspecified atom stereocenters. The fourth-order valence-electron chi connectivity index (χ4n) is 2.65. The summed E-state index contributed by atoms with van der Waals surface area (Å²) in [6, 6.07) is 0. The number of aromatic hydroxyl groups is 1. The van der Waals surface area contributed by atoms with Crippen molar-refractivity contribution in [3.05, 3.63) is 39.5 Å². The van der Waals surface area contributed by atoms with Crippen molar-refractivity contribution in [2.75, 3.05) is 0 Å². The number of allylic oxidation sites excluding steroid dienone is 2. The van der Waals surface area contributed by atoms with Crippen LogP contribution >= 0.6 is 0 Å². The van der Waals surface area contributed by atoms with Crippen LogP contribution in [-0.2, 0) is 22.6 Å². The molecular formula is C17H20O5. The SMILES string of the molecule is CC(=CCc1c(C)c(C)c2c(c1O)C(=O)OC2)CCC(=O)O. The number of hydrogen-bond acceptors (Lipinski definition) is 4. The summed E-state index contributed by atoms with van der Waals surface area (Å²) < 4.78 is 5.01. The lowest BCUT2D eigenvalue weighted by Gasteiger charge is -2.14. The van der Waals surface area contributed by atoms with Gasteiger partial charge in [0.2, 0.25) is 0 Å². The Hall–Kier alpha value is -2.30. The highest BCUT2D eigenvalue weighted by atomic mass is 16.5. The summed E-state index contributed by atoms with van der Waals surface area (Å²) in [5.41, 5.74) is 4.58. The molecule has 0 radical (unpaired) electrons. The van der Waals surface area contributed by atoms with E-state index in [-0.39, 0.29) is 24.3 Å². The lowest BCUT2D eigenvalue weighted by atomic mass is 9.91. The van der Waals surface area contributed by atoms with Crippen molar-refractivity contribution in [2.45, 2.75) is 46.6 Å². The van der Waals surface area contributed by atoms with Gasteiger partial charge in [-0.1, -0.05) is 11.6 Å². The maximum absolute atomic E-state index is 11.8. The van der Waals surface area contributed by atoms with Crippen molar-refractivity contribution in [1.29, 1.82) is 0 Å². The molecular weight excluding hydrogens is 284 g/mol. The van der Waals surface area contributed by atoms with Crippen molar-refractivity contribution in [1.82, 2.24) is 0 Å². The molecule has 0 spiro atoms. The molecule has 5 heteroatoms. The molecule has 0 aliphatic carbocycles. The number of carbonyl (C=O) groups is 2. The summed E-state index contributed by atoms with van der Waals surface area (Å²) in [4.78, 5) is 22.3. The minimum atomic E-state index is -0.831. The summed E-state index contributed by atoms with van der Waals surface area (Å²) in [7, 11) is 0. The van der Waals surface area contributed by atoms with Gasteiger partial charge in [-0.05, 0) is 44.7 Å². The van der Waals surface area contributed by atoms with Crippen LogP contribution in [0.15, 0.2) is 11.6 Å². The minimum Gasteiger partial charge on any atom is -0.507 e. The van der Waals surface area contributed by atoms with Gasteiger partial charge in [0.05, 0.1) is 0 Å². The molecule has 0 atom stereocenters. The maximum atomic E-state index is 11.8. The van der Waals surface area contributed by atoms with Crippen LogP contribution in [-0.4, -0.2) is 22.2 Å². The molecule has 1 aliphatic rings. The van der Waals surface area contributed by atoms with E-state index in [9.17, 15) is 14.7 Å². The van der Waals surface area contributed by atoms with Crippen LogP contribution in [0.2, 0.25) is 0 Å². The number of esters is 1. The highest BCUT2D eigenvalue weighted by Crippen LogP contribution is 2.37. The smallest absolute Gasteiger partial charge is 0.342 e. The molecule has 2 N–H and O–H groups in total. The Balaban J connectivity index is 2.31. The predicted octanol–water partition coefficient (Wildman–Crippen LogP) is 3.03. The van der Waals surface area contributed by atoms with E-state index in [1.165, 1.54) is 0 Å².